The van der Waals surface area contributed by atoms with Crippen LogP contribution in [-0.2, 0) is 4.79 Å². The molecule has 2 aromatic rings. The highest BCUT2D eigenvalue weighted by Crippen LogP contribution is 2.25. The summed E-state index contributed by atoms with van der Waals surface area (Å²) in [6.07, 6.45) is 4.39. The third-order valence-corrected chi connectivity index (χ3v) is 5.60. The molecule has 148 valence electrons. The van der Waals surface area contributed by atoms with Crippen LogP contribution in [0.2, 0.25) is 0 Å². The summed E-state index contributed by atoms with van der Waals surface area (Å²) in [4.78, 5) is 25.9. The van der Waals surface area contributed by atoms with Gasteiger partial charge in [0.25, 0.3) is 0 Å². The van der Waals surface area contributed by atoms with E-state index in [-0.39, 0.29) is 5.92 Å². The highest BCUT2D eigenvalue weighted by Gasteiger charge is 2.33. The van der Waals surface area contributed by atoms with Crippen molar-refractivity contribution in [2.45, 2.75) is 25.3 Å². The smallest absolute Gasteiger partial charge is 0.228 e. The van der Waals surface area contributed by atoms with E-state index in [4.69, 9.17) is 4.74 Å². The molecule has 1 aromatic carbocycles. The number of para-hydroxylation sites is 1. The van der Waals surface area contributed by atoms with E-state index in [1.165, 1.54) is 0 Å². The SMILES string of the molecule is COc1ccnc(N2CCC(C(=O)N3CCC(Nc4ccccc4)C3)CC2)n1. The molecule has 0 saturated carbocycles. The molecule has 2 fully saturated rings. The van der Waals surface area contributed by atoms with E-state index in [0.717, 1.165) is 51.1 Å². The quantitative estimate of drug-likeness (QED) is 0.858. The van der Waals surface area contributed by atoms with Gasteiger partial charge in [-0.15, -0.1) is 0 Å². The van der Waals surface area contributed by atoms with Gasteiger partial charge >= 0.3 is 0 Å². The molecule has 0 bridgehead atoms. The second kappa shape index (κ2) is 8.46. The summed E-state index contributed by atoms with van der Waals surface area (Å²) in [6, 6.07) is 12.3. The summed E-state index contributed by atoms with van der Waals surface area (Å²) in [6.45, 7) is 3.21. The van der Waals surface area contributed by atoms with E-state index in [9.17, 15) is 4.79 Å². The van der Waals surface area contributed by atoms with E-state index >= 15 is 0 Å². The van der Waals surface area contributed by atoms with Gasteiger partial charge in [0, 0.05) is 56.1 Å². The van der Waals surface area contributed by atoms with Gasteiger partial charge in [-0.3, -0.25) is 4.79 Å². The Morgan fingerprint density at radius 3 is 2.64 bits per heavy atom. The van der Waals surface area contributed by atoms with Crippen molar-refractivity contribution in [3.05, 3.63) is 42.6 Å². The van der Waals surface area contributed by atoms with Crippen LogP contribution >= 0.6 is 0 Å². The molecule has 7 nitrogen and oxygen atoms in total. The van der Waals surface area contributed by atoms with E-state index in [1.807, 2.05) is 23.1 Å². The molecule has 1 N–H and O–H groups in total. The van der Waals surface area contributed by atoms with E-state index in [1.54, 1.807) is 19.4 Å². The Balaban J connectivity index is 1.28. The second-order valence-corrected chi connectivity index (χ2v) is 7.44. The molecular formula is C21H27N5O2. The van der Waals surface area contributed by atoms with Gasteiger partial charge in [-0.1, -0.05) is 18.2 Å². The van der Waals surface area contributed by atoms with Crippen LogP contribution in [0.3, 0.4) is 0 Å². The lowest BCUT2D eigenvalue weighted by Gasteiger charge is -2.33. The summed E-state index contributed by atoms with van der Waals surface area (Å²) in [5.41, 5.74) is 1.12. The van der Waals surface area contributed by atoms with Gasteiger partial charge in [0.1, 0.15) is 0 Å². The van der Waals surface area contributed by atoms with Crippen molar-refractivity contribution in [1.29, 1.82) is 0 Å². The van der Waals surface area contributed by atoms with Gasteiger partial charge in [0.2, 0.25) is 17.7 Å². The fourth-order valence-corrected chi connectivity index (χ4v) is 4.03. The number of hydrogen-bond donors (Lipinski definition) is 1. The zero-order valence-corrected chi connectivity index (χ0v) is 16.3. The number of piperidine rings is 1. The van der Waals surface area contributed by atoms with Crippen molar-refractivity contribution in [2.24, 2.45) is 5.92 Å². The van der Waals surface area contributed by atoms with Crippen molar-refractivity contribution in [3.63, 3.8) is 0 Å². The van der Waals surface area contributed by atoms with Crippen LogP contribution in [0.1, 0.15) is 19.3 Å². The number of likely N-dealkylation sites (tertiary alicyclic amines) is 1. The average molecular weight is 381 g/mol. The Labute approximate surface area is 165 Å². The molecule has 1 aromatic heterocycles. The largest absolute Gasteiger partial charge is 0.481 e. The predicted molar refractivity (Wildman–Crippen MR) is 109 cm³/mol. The maximum atomic E-state index is 13.0. The maximum Gasteiger partial charge on any atom is 0.228 e. The summed E-state index contributed by atoms with van der Waals surface area (Å²) in [5, 5.41) is 3.54. The normalized spacial score (nSPS) is 20.2. The molecule has 1 unspecified atom stereocenters. The van der Waals surface area contributed by atoms with Crippen molar-refractivity contribution in [2.75, 3.05) is 43.5 Å². The van der Waals surface area contributed by atoms with Crippen LogP contribution in [0, 0.1) is 5.92 Å². The van der Waals surface area contributed by atoms with Crippen LogP contribution in [-0.4, -0.2) is 60.1 Å². The van der Waals surface area contributed by atoms with Gasteiger partial charge in [0.05, 0.1) is 7.11 Å². The lowest BCUT2D eigenvalue weighted by molar-refractivity contribution is -0.135. The summed E-state index contributed by atoms with van der Waals surface area (Å²) in [5.74, 6) is 1.64. The van der Waals surface area contributed by atoms with Crippen LogP contribution < -0.4 is 15.0 Å². The lowest BCUT2D eigenvalue weighted by atomic mass is 9.95. The van der Waals surface area contributed by atoms with Crippen molar-refractivity contribution >= 4 is 17.5 Å². The van der Waals surface area contributed by atoms with E-state index in [0.29, 0.717) is 23.8 Å². The van der Waals surface area contributed by atoms with Gasteiger partial charge in [-0.2, -0.15) is 4.98 Å². The fourth-order valence-electron chi connectivity index (χ4n) is 4.03. The fraction of sp³-hybridized carbons (Fsp3) is 0.476. The molecule has 0 spiro atoms. The monoisotopic (exact) mass is 381 g/mol. The third kappa shape index (κ3) is 4.18. The average Bonchev–Trinajstić information content (AvgIpc) is 3.22. The number of carbonyl (C=O) groups is 1. The number of rotatable bonds is 5. The number of carbonyl (C=O) groups excluding carboxylic acids is 1. The van der Waals surface area contributed by atoms with Crippen LogP contribution in [0.25, 0.3) is 0 Å². The Hall–Kier alpha value is -2.83. The number of ether oxygens (including phenoxy) is 1. The van der Waals surface area contributed by atoms with Crippen molar-refractivity contribution in [3.8, 4) is 5.88 Å². The molecule has 1 amide bonds. The number of benzene rings is 1. The molecular weight excluding hydrogens is 354 g/mol. The molecule has 0 radical (unpaired) electrons. The molecule has 0 aliphatic carbocycles. The molecule has 28 heavy (non-hydrogen) atoms. The third-order valence-electron chi connectivity index (χ3n) is 5.60. The molecule has 2 aliphatic rings. The first-order valence-electron chi connectivity index (χ1n) is 9.95. The van der Waals surface area contributed by atoms with Gasteiger partial charge in [-0.25, -0.2) is 4.98 Å². The van der Waals surface area contributed by atoms with E-state index in [2.05, 4.69) is 32.3 Å². The van der Waals surface area contributed by atoms with Gasteiger partial charge in [-0.05, 0) is 31.4 Å². The van der Waals surface area contributed by atoms with Crippen molar-refractivity contribution in [1.82, 2.24) is 14.9 Å². The number of amides is 1. The summed E-state index contributed by atoms with van der Waals surface area (Å²) in [7, 11) is 1.60. The minimum Gasteiger partial charge on any atom is -0.481 e. The number of methoxy groups -OCH3 is 1. The molecule has 7 heteroatoms. The lowest BCUT2D eigenvalue weighted by Crippen LogP contribution is -2.42. The van der Waals surface area contributed by atoms with Crippen molar-refractivity contribution < 1.29 is 9.53 Å². The Bertz CT molecular complexity index is 792. The molecule has 2 saturated heterocycles. The minimum absolute atomic E-state index is 0.0948. The van der Waals surface area contributed by atoms with Gasteiger partial charge < -0.3 is 19.9 Å². The maximum absolute atomic E-state index is 13.0. The van der Waals surface area contributed by atoms with Gasteiger partial charge in [0.15, 0.2) is 0 Å². The zero-order chi connectivity index (χ0) is 19.3. The number of nitrogens with one attached hydrogen (secondary N) is 1. The van der Waals surface area contributed by atoms with E-state index < -0.39 is 0 Å². The number of aromatic nitrogens is 2. The number of nitrogens with zero attached hydrogens (tertiary/aromatic N) is 4. The Morgan fingerprint density at radius 1 is 1.11 bits per heavy atom. The molecule has 4 rings (SSSR count). The first-order chi connectivity index (χ1) is 13.7. The highest BCUT2D eigenvalue weighted by atomic mass is 16.5. The summed E-state index contributed by atoms with van der Waals surface area (Å²) < 4.78 is 5.18. The Kier molecular flexibility index (Phi) is 5.60. The minimum atomic E-state index is 0.0948. The molecule has 1 atom stereocenters. The van der Waals surface area contributed by atoms with Crippen LogP contribution in [0.15, 0.2) is 42.6 Å². The number of hydrogen-bond acceptors (Lipinski definition) is 6. The topological polar surface area (TPSA) is 70.6 Å². The zero-order valence-electron chi connectivity index (χ0n) is 16.3. The first-order valence-corrected chi connectivity index (χ1v) is 9.95. The van der Waals surface area contributed by atoms with Crippen LogP contribution in [0.4, 0.5) is 11.6 Å². The highest BCUT2D eigenvalue weighted by molar-refractivity contribution is 5.79. The first kappa shape index (κ1) is 18.5. The standard InChI is InChI=1S/C21H27N5O2/c1-28-19-7-11-22-21(24-19)25-12-8-16(9-13-25)20(27)26-14-10-18(15-26)23-17-5-3-2-4-6-17/h2-7,11,16,18,23H,8-10,12-15H2,1H3. The summed E-state index contributed by atoms with van der Waals surface area (Å²) >= 11 is 0. The molecule has 2 aliphatic heterocycles. The van der Waals surface area contributed by atoms with Crippen LogP contribution in [0.5, 0.6) is 5.88 Å². The Morgan fingerprint density at radius 2 is 1.89 bits per heavy atom. The second-order valence-electron chi connectivity index (χ2n) is 7.44. The molecule has 3 heterocycles. The number of anilines is 2. The predicted octanol–water partition coefficient (Wildman–Crippen LogP) is 2.41.